The molecule has 0 atom stereocenters. The van der Waals surface area contributed by atoms with Crippen LogP contribution in [0.3, 0.4) is 0 Å². The van der Waals surface area contributed by atoms with Gasteiger partial charge < -0.3 is 41.2 Å². The molecule has 0 radical (unpaired) electrons. The Morgan fingerprint density at radius 1 is 0.418 bits per heavy atom. The van der Waals surface area contributed by atoms with Crippen LogP contribution in [0.25, 0.3) is 11.1 Å². The molecule has 0 saturated carbocycles. The Balaban J connectivity index is 0.00000427. The van der Waals surface area contributed by atoms with Gasteiger partial charge in [-0.15, -0.1) is 0 Å². The Labute approximate surface area is 335 Å². The Morgan fingerprint density at radius 2 is 0.764 bits per heavy atom. The predicted molar refractivity (Wildman–Crippen MR) is 213 cm³/mol. The molecular formula is C49H48BrNO4. The lowest BCUT2D eigenvalue weighted by atomic mass is 9.74. The Morgan fingerprint density at radius 3 is 1.11 bits per heavy atom. The second-order valence-electron chi connectivity index (χ2n) is 15.4. The van der Waals surface area contributed by atoms with E-state index in [-0.39, 0.29) is 17.0 Å². The Bertz CT molecular complexity index is 2000. The van der Waals surface area contributed by atoms with E-state index < -0.39 is 11.2 Å². The predicted octanol–water partition coefficient (Wildman–Crippen LogP) is 6.49. The minimum Gasteiger partial charge on any atom is -1.00 e. The lowest BCUT2D eigenvalue weighted by Crippen LogP contribution is -3.00. The van der Waals surface area contributed by atoms with E-state index in [4.69, 9.17) is 9.47 Å². The highest BCUT2D eigenvalue weighted by Crippen LogP contribution is 2.54. The van der Waals surface area contributed by atoms with E-state index >= 15 is 0 Å². The molecule has 1 spiro atoms. The molecule has 3 heterocycles. The number of benzene rings is 6. The lowest BCUT2D eigenvalue weighted by Gasteiger charge is -2.43. The number of nitrogens with zero attached hydrogens (tertiary/aromatic N) is 1. The summed E-state index contributed by atoms with van der Waals surface area (Å²) in [7, 11) is 0. The summed E-state index contributed by atoms with van der Waals surface area (Å²) >= 11 is 0. The topological polar surface area (TPSA) is 58.9 Å². The van der Waals surface area contributed by atoms with Gasteiger partial charge in [0.1, 0.15) is 35.8 Å². The molecule has 9 rings (SSSR count). The van der Waals surface area contributed by atoms with Crippen LogP contribution in [0.1, 0.15) is 76.6 Å². The van der Waals surface area contributed by atoms with Crippen molar-refractivity contribution in [2.24, 2.45) is 0 Å². The summed E-state index contributed by atoms with van der Waals surface area (Å²) in [6.45, 7) is 4.56. The fraction of sp³-hybridized carbons (Fsp3) is 0.265. The molecule has 5 nitrogen and oxygen atoms in total. The fourth-order valence-corrected chi connectivity index (χ4v) is 9.51. The van der Waals surface area contributed by atoms with Crippen molar-refractivity contribution in [2.45, 2.75) is 56.4 Å². The smallest absolute Gasteiger partial charge is 0.141 e. The van der Waals surface area contributed by atoms with Gasteiger partial charge >= 0.3 is 0 Å². The summed E-state index contributed by atoms with van der Waals surface area (Å²) in [5, 5.41) is 26.9. The van der Waals surface area contributed by atoms with Crippen molar-refractivity contribution in [3.05, 3.63) is 190 Å². The third-order valence-electron chi connectivity index (χ3n) is 12.2. The molecule has 6 heteroatoms. The van der Waals surface area contributed by atoms with Crippen molar-refractivity contribution in [2.75, 3.05) is 26.3 Å². The summed E-state index contributed by atoms with van der Waals surface area (Å²) in [6, 6.07) is 48.7. The maximum atomic E-state index is 13.5. The molecule has 280 valence electrons. The van der Waals surface area contributed by atoms with E-state index in [1.54, 1.807) is 0 Å². The molecule has 6 aromatic rings. The van der Waals surface area contributed by atoms with Crippen LogP contribution in [0.15, 0.2) is 146 Å². The molecule has 0 aliphatic carbocycles. The maximum Gasteiger partial charge on any atom is 0.141 e. The summed E-state index contributed by atoms with van der Waals surface area (Å²) in [6.07, 6.45) is 5.17. The minimum atomic E-state index is -1.44. The number of rotatable bonds is 6. The largest absolute Gasteiger partial charge is 1.00 e. The van der Waals surface area contributed by atoms with E-state index in [0.717, 1.165) is 110 Å². The second-order valence-corrected chi connectivity index (χ2v) is 15.4. The molecule has 0 bridgehead atoms. The fourth-order valence-electron chi connectivity index (χ4n) is 9.51. The molecule has 2 N–H and O–H groups in total. The molecule has 0 unspecified atom stereocenters. The zero-order chi connectivity index (χ0) is 36.6. The van der Waals surface area contributed by atoms with Crippen molar-refractivity contribution >= 4 is 0 Å². The van der Waals surface area contributed by atoms with Gasteiger partial charge in [0, 0.05) is 33.4 Å². The van der Waals surface area contributed by atoms with Crippen molar-refractivity contribution in [3.63, 3.8) is 0 Å². The number of ether oxygens (including phenoxy) is 2. The number of hydrogen-bond donors (Lipinski definition) is 2. The number of hydrogen-bond acceptors (Lipinski definition) is 4. The van der Waals surface area contributed by atoms with Crippen LogP contribution in [0.4, 0.5) is 0 Å². The first-order valence-corrected chi connectivity index (χ1v) is 19.6. The van der Waals surface area contributed by atoms with E-state index in [1.807, 2.05) is 121 Å². The summed E-state index contributed by atoms with van der Waals surface area (Å²) in [4.78, 5) is 0. The first kappa shape index (κ1) is 37.2. The second kappa shape index (κ2) is 15.4. The van der Waals surface area contributed by atoms with Crippen LogP contribution in [0.2, 0.25) is 0 Å². The molecule has 3 aliphatic heterocycles. The number of halogens is 1. The highest BCUT2D eigenvalue weighted by atomic mass is 79.9. The van der Waals surface area contributed by atoms with Crippen LogP contribution in [-0.2, 0) is 24.3 Å². The summed E-state index contributed by atoms with van der Waals surface area (Å²) in [5.74, 6) is 1.59. The molecule has 55 heavy (non-hydrogen) atoms. The van der Waals surface area contributed by atoms with Gasteiger partial charge in [0.25, 0.3) is 0 Å². The highest BCUT2D eigenvalue weighted by Gasteiger charge is 2.46. The normalized spacial score (nSPS) is 16.4. The molecule has 1 saturated heterocycles. The third kappa shape index (κ3) is 6.49. The monoisotopic (exact) mass is 793 g/mol. The van der Waals surface area contributed by atoms with Crippen molar-refractivity contribution < 1.29 is 41.2 Å². The summed E-state index contributed by atoms with van der Waals surface area (Å²) < 4.78 is 14.4. The average molecular weight is 795 g/mol. The van der Waals surface area contributed by atoms with E-state index in [1.165, 1.54) is 6.42 Å². The third-order valence-corrected chi connectivity index (χ3v) is 12.2. The average Bonchev–Trinajstić information content (AvgIpc) is 3.38. The van der Waals surface area contributed by atoms with Crippen molar-refractivity contribution in [3.8, 4) is 22.6 Å². The zero-order valence-corrected chi connectivity index (χ0v) is 32.8. The molecule has 0 aromatic heterocycles. The SMILES string of the molecule is OC(c1ccccc1)(c1ccccc1)c1ccc2c3c1C[N+]1(CCCCC1)Cc1c(C(O)(c4ccccc4)c4ccccc4)ccc(c1-3)OCCCCO2.[Br-]. The Kier molecular flexibility index (Phi) is 10.4. The molecule has 1 fully saturated rings. The van der Waals surface area contributed by atoms with Gasteiger partial charge in [-0.2, -0.15) is 0 Å². The quantitative estimate of drug-likeness (QED) is 0.150. The molecule has 0 amide bonds. The van der Waals surface area contributed by atoms with Crippen LogP contribution in [0.5, 0.6) is 11.5 Å². The van der Waals surface area contributed by atoms with Crippen molar-refractivity contribution in [1.29, 1.82) is 0 Å². The highest BCUT2D eigenvalue weighted by molar-refractivity contribution is 5.85. The van der Waals surface area contributed by atoms with Crippen LogP contribution >= 0.6 is 0 Å². The van der Waals surface area contributed by atoms with Gasteiger partial charge in [0.15, 0.2) is 0 Å². The van der Waals surface area contributed by atoms with E-state index in [0.29, 0.717) is 26.3 Å². The summed E-state index contributed by atoms with van der Waals surface area (Å²) in [5.41, 5.74) is 6.17. The Hall–Kier alpha value is -4.72. The van der Waals surface area contributed by atoms with Crippen molar-refractivity contribution in [1.82, 2.24) is 0 Å². The molecule has 6 aromatic carbocycles. The first-order chi connectivity index (χ1) is 26.5. The number of aliphatic hydroxyl groups is 2. The number of piperidine rings is 1. The van der Waals surface area contributed by atoms with E-state index in [2.05, 4.69) is 24.3 Å². The van der Waals surface area contributed by atoms with Gasteiger partial charge in [-0.3, -0.25) is 0 Å². The van der Waals surface area contributed by atoms with E-state index in [9.17, 15) is 10.2 Å². The standard InChI is InChI=1S/C49H48NO4.BrH/c51-48(36-18-6-1-7-19-36,37-20-8-2-9-21-37)42-26-28-44-46-40(42)34-50(30-14-5-15-31-50)35-41-43(27-29-45(47(41)46)54-33-17-16-32-53-44)49(52,38-22-10-3-11-23-38)39-24-12-4-13-25-39;/h1-4,6-13,18-29,51-52H,5,14-17,30-35H2;1H/q+1;/p-1. The lowest BCUT2D eigenvalue weighted by molar-refractivity contribution is -0.957. The molecular weight excluding hydrogens is 746 g/mol. The zero-order valence-electron chi connectivity index (χ0n) is 31.2. The van der Waals surface area contributed by atoms with Crippen LogP contribution in [0, 0.1) is 0 Å². The first-order valence-electron chi connectivity index (χ1n) is 19.6. The van der Waals surface area contributed by atoms with Crippen LogP contribution < -0.4 is 26.5 Å². The minimum absolute atomic E-state index is 0. The van der Waals surface area contributed by atoms with Crippen LogP contribution in [-0.4, -0.2) is 41.0 Å². The van der Waals surface area contributed by atoms with Gasteiger partial charge in [-0.05, 0) is 66.5 Å². The number of quaternary nitrogens is 1. The van der Waals surface area contributed by atoms with Gasteiger partial charge in [0.2, 0.25) is 0 Å². The maximum absolute atomic E-state index is 13.5. The van der Waals surface area contributed by atoms with Gasteiger partial charge in [-0.1, -0.05) is 133 Å². The molecule has 3 aliphatic rings. The van der Waals surface area contributed by atoms with Gasteiger partial charge in [-0.25, -0.2) is 0 Å². The van der Waals surface area contributed by atoms with Gasteiger partial charge in [0.05, 0.1) is 26.3 Å².